The largest absolute Gasteiger partial charge is 0.493 e. The van der Waals surface area contributed by atoms with E-state index in [1.807, 2.05) is 49.4 Å². The number of hydrogen-bond acceptors (Lipinski definition) is 2. The summed E-state index contributed by atoms with van der Waals surface area (Å²) in [6.07, 6.45) is 4.91. The Bertz CT molecular complexity index is 825. The topological polar surface area (TPSA) is 38.3 Å². The van der Waals surface area contributed by atoms with Gasteiger partial charge in [-0.3, -0.25) is 4.79 Å². The van der Waals surface area contributed by atoms with Crippen LogP contribution in [0.15, 0.2) is 42.5 Å². The van der Waals surface area contributed by atoms with Crippen molar-refractivity contribution in [3.63, 3.8) is 0 Å². The maximum atomic E-state index is 13.5. The van der Waals surface area contributed by atoms with Crippen molar-refractivity contribution in [2.45, 2.75) is 58.3 Å². The van der Waals surface area contributed by atoms with Gasteiger partial charge in [-0.15, -0.1) is 0 Å². The van der Waals surface area contributed by atoms with E-state index < -0.39 is 5.41 Å². The maximum absolute atomic E-state index is 13.5. The zero-order valence-corrected chi connectivity index (χ0v) is 17.8. The molecule has 0 atom stereocenters. The highest BCUT2D eigenvalue weighted by atomic mass is 35.5. The molecule has 0 aromatic heterocycles. The van der Waals surface area contributed by atoms with Gasteiger partial charge in [-0.1, -0.05) is 62.9 Å². The van der Waals surface area contributed by atoms with Crippen LogP contribution in [-0.4, -0.2) is 12.5 Å². The van der Waals surface area contributed by atoms with E-state index in [1.54, 1.807) is 0 Å². The van der Waals surface area contributed by atoms with Crippen LogP contribution in [0.3, 0.4) is 0 Å². The van der Waals surface area contributed by atoms with E-state index >= 15 is 0 Å². The molecule has 0 saturated heterocycles. The summed E-state index contributed by atoms with van der Waals surface area (Å²) in [7, 11) is 0. The molecular weight excluding hydrogens is 370 g/mol. The molecule has 2 aromatic rings. The van der Waals surface area contributed by atoms with Crippen LogP contribution in [0.1, 0.15) is 57.1 Å². The van der Waals surface area contributed by atoms with E-state index in [1.165, 1.54) is 6.42 Å². The van der Waals surface area contributed by atoms with Gasteiger partial charge in [0, 0.05) is 10.7 Å². The van der Waals surface area contributed by atoms with Crippen LogP contribution in [0, 0.1) is 12.8 Å². The van der Waals surface area contributed by atoms with Gasteiger partial charge in [-0.25, -0.2) is 0 Å². The summed E-state index contributed by atoms with van der Waals surface area (Å²) >= 11 is 6.50. The van der Waals surface area contributed by atoms with Crippen LogP contribution < -0.4 is 10.1 Å². The summed E-state index contributed by atoms with van der Waals surface area (Å²) < 4.78 is 5.85. The van der Waals surface area contributed by atoms with Gasteiger partial charge >= 0.3 is 0 Å². The van der Waals surface area contributed by atoms with Gasteiger partial charge in [0.2, 0.25) is 5.91 Å². The molecule has 1 saturated carbocycles. The van der Waals surface area contributed by atoms with Gasteiger partial charge in [-0.2, -0.15) is 0 Å². The van der Waals surface area contributed by atoms with Crippen LogP contribution in [0.4, 0.5) is 5.69 Å². The van der Waals surface area contributed by atoms with Crippen molar-refractivity contribution in [3.8, 4) is 5.75 Å². The molecule has 2 aromatic carbocycles. The van der Waals surface area contributed by atoms with Gasteiger partial charge in [0.25, 0.3) is 0 Å². The van der Waals surface area contributed by atoms with Crippen LogP contribution in [0.5, 0.6) is 5.75 Å². The lowest BCUT2D eigenvalue weighted by Crippen LogP contribution is -2.42. The average molecular weight is 400 g/mol. The van der Waals surface area contributed by atoms with Crippen molar-refractivity contribution < 1.29 is 9.53 Å². The zero-order valence-electron chi connectivity index (χ0n) is 17.1. The van der Waals surface area contributed by atoms with Gasteiger partial charge in [0.15, 0.2) is 0 Å². The Morgan fingerprint density at radius 1 is 1.14 bits per heavy atom. The Kier molecular flexibility index (Phi) is 6.66. The first-order valence-corrected chi connectivity index (χ1v) is 10.6. The number of amides is 1. The molecule has 4 heteroatoms. The van der Waals surface area contributed by atoms with Crippen molar-refractivity contribution >= 4 is 23.2 Å². The smallest absolute Gasteiger partial charge is 0.235 e. The normalized spacial score (nSPS) is 16.0. The molecular formula is C24H30ClNO2. The molecule has 0 unspecified atom stereocenters. The summed E-state index contributed by atoms with van der Waals surface area (Å²) in [5.74, 6) is 1.38. The van der Waals surface area contributed by atoms with Crippen molar-refractivity contribution in [1.82, 2.24) is 0 Å². The SMILES string of the molecule is Cc1cc(NC(=O)C2(c3ccccc3Cl)CCCCC2)ccc1OCC(C)C. The molecule has 3 rings (SSSR count). The van der Waals surface area contributed by atoms with Gasteiger partial charge in [-0.05, 0) is 61.1 Å². The third kappa shape index (κ3) is 4.52. The fourth-order valence-corrected chi connectivity index (χ4v) is 4.34. The number of aryl methyl sites for hydroxylation is 1. The number of benzene rings is 2. The Labute approximate surface area is 173 Å². The Hall–Kier alpha value is -2.00. The summed E-state index contributed by atoms with van der Waals surface area (Å²) in [6.45, 7) is 6.95. The number of carbonyl (C=O) groups excluding carboxylic acids is 1. The molecule has 1 fully saturated rings. The molecule has 1 aliphatic carbocycles. The van der Waals surface area contributed by atoms with E-state index in [0.29, 0.717) is 17.5 Å². The van der Waals surface area contributed by atoms with E-state index in [2.05, 4.69) is 19.2 Å². The molecule has 0 bridgehead atoms. The summed E-state index contributed by atoms with van der Waals surface area (Å²) in [5, 5.41) is 3.83. The highest BCUT2D eigenvalue weighted by Crippen LogP contribution is 2.43. The Morgan fingerprint density at radius 3 is 2.50 bits per heavy atom. The molecule has 28 heavy (non-hydrogen) atoms. The maximum Gasteiger partial charge on any atom is 0.235 e. The van der Waals surface area contributed by atoms with Crippen molar-refractivity contribution in [2.75, 3.05) is 11.9 Å². The van der Waals surface area contributed by atoms with Crippen molar-refractivity contribution in [3.05, 3.63) is 58.6 Å². The van der Waals surface area contributed by atoms with Crippen LogP contribution >= 0.6 is 11.6 Å². The quantitative estimate of drug-likeness (QED) is 0.600. The number of carbonyl (C=O) groups is 1. The predicted molar refractivity (Wildman–Crippen MR) is 116 cm³/mol. The molecule has 0 spiro atoms. The predicted octanol–water partition coefficient (Wildman–Crippen LogP) is 6.52. The second kappa shape index (κ2) is 9.00. The Morgan fingerprint density at radius 2 is 1.86 bits per heavy atom. The minimum atomic E-state index is -0.558. The highest BCUT2D eigenvalue weighted by Gasteiger charge is 2.42. The number of halogens is 1. The minimum absolute atomic E-state index is 0.0375. The minimum Gasteiger partial charge on any atom is -0.493 e. The third-order valence-corrected chi connectivity index (χ3v) is 5.87. The second-order valence-corrected chi connectivity index (χ2v) is 8.67. The molecule has 0 heterocycles. The monoisotopic (exact) mass is 399 g/mol. The molecule has 150 valence electrons. The van der Waals surface area contributed by atoms with Crippen molar-refractivity contribution in [2.24, 2.45) is 5.92 Å². The molecule has 1 aliphatic rings. The molecule has 0 aliphatic heterocycles. The first kappa shape index (κ1) is 20.7. The lowest BCUT2D eigenvalue weighted by atomic mass is 9.68. The summed E-state index contributed by atoms with van der Waals surface area (Å²) in [6, 6.07) is 13.6. The van der Waals surface area contributed by atoms with E-state index in [0.717, 1.165) is 48.2 Å². The lowest BCUT2D eigenvalue weighted by Gasteiger charge is -2.37. The standard InChI is InChI=1S/C24H30ClNO2/c1-17(2)16-28-22-12-11-19(15-18(22)3)26-23(27)24(13-7-4-8-14-24)20-9-5-6-10-21(20)25/h5-6,9-12,15,17H,4,7-8,13-14,16H2,1-3H3,(H,26,27). The second-order valence-electron chi connectivity index (χ2n) is 8.26. The van der Waals surface area contributed by atoms with Crippen LogP contribution in [0.2, 0.25) is 5.02 Å². The lowest BCUT2D eigenvalue weighted by molar-refractivity contribution is -0.122. The van der Waals surface area contributed by atoms with Gasteiger partial charge in [0.1, 0.15) is 5.75 Å². The fraction of sp³-hybridized carbons (Fsp3) is 0.458. The fourth-order valence-electron chi connectivity index (χ4n) is 4.02. The number of rotatable bonds is 6. The summed E-state index contributed by atoms with van der Waals surface area (Å²) in [5.41, 5.74) is 2.21. The number of hydrogen-bond donors (Lipinski definition) is 1. The molecule has 1 amide bonds. The highest BCUT2D eigenvalue weighted by molar-refractivity contribution is 6.31. The first-order chi connectivity index (χ1) is 13.4. The van der Waals surface area contributed by atoms with Gasteiger partial charge in [0.05, 0.1) is 12.0 Å². The van der Waals surface area contributed by atoms with Crippen LogP contribution in [-0.2, 0) is 10.2 Å². The van der Waals surface area contributed by atoms with E-state index in [9.17, 15) is 4.79 Å². The average Bonchev–Trinajstić information content (AvgIpc) is 2.68. The van der Waals surface area contributed by atoms with Crippen LogP contribution in [0.25, 0.3) is 0 Å². The Balaban J connectivity index is 1.83. The number of ether oxygens (including phenoxy) is 1. The van der Waals surface area contributed by atoms with E-state index in [-0.39, 0.29) is 5.91 Å². The van der Waals surface area contributed by atoms with Gasteiger partial charge < -0.3 is 10.1 Å². The molecule has 3 nitrogen and oxygen atoms in total. The first-order valence-electron chi connectivity index (χ1n) is 10.2. The molecule has 1 N–H and O–H groups in total. The number of anilines is 1. The number of nitrogens with one attached hydrogen (secondary N) is 1. The van der Waals surface area contributed by atoms with Crippen molar-refractivity contribution in [1.29, 1.82) is 0 Å². The van der Waals surface area contributed by atoms with E-state index in [4.69, 9.17) is 16.3 Å². The summed E-state index contributed by atoms with van der Waals surface area (Å²) in [4.78, 5) is 13.5. The third-order valence-electron chi connectivity index (χ3n) is 5.54. The molecule has 0 radical (unpaired) electrons. The zero-order chi connectivity index (χ0) is 20.1.